The lowest BCUT2D eigenvalue weighted by molar-refractivity contribution is -0.124. The van der Waals surface area contributed by atoms with Crippen LogP contribution in [0, 0.1) is 0 Å². The van der Waals surface area contributed by atoms with Crippen molar-refractivity contribution in [1.82, 2.24) is 10.0 Å². The molecule has 0 saturated heterocycles. The van der Waals surface area contributed by atoms with Crippen LogP contribution in [0.1, 0.15) is 40.5 Å². The molecule has 0 aromatic carbocycles. The van der Waals surface area contributed by atoms with E-state index in [1.807, 2.05) is 0 Å². The molecule has 7 heteroatoms. The van der Waals surface area contributed by atoms with Crippen LogP contribution in [0.4, 0.5) is 0 Å². The van der Waals surface area contributed by atoms with Gasteiger partial charge < -0.3 is 10.4 Å². The second-order valence-corrected chi connectivity index (χ2v) is 6.88. The number of carbonyl (C=O) groups excluding carboxylic acids is 1. The van der Waals surface area contributed by atoms with Gasteiger partial charge in [-0.3, -0.25) is 4.79 Å². The van der Waals surface area contributed by atoms with Crippen molar-refractivity contribution in [2.75, 3.05) is 12.4 Å². The van der Waals surface area contributed by atoms with E-state index in [9.17, 15) is 13.2 Å². The van der Waals surface area contributed by atoms with Gasteiger partial charge in [0.2, 0.25) is 15.9 Å². The molecular formula is C11H24N2O4S. The minimum absolute atomic E-state index is 0.00462. The first-order valence-corrected chi connectivity index (χ1v) is 7.71. The fraction of sp³-hybridized carbons (Fsp3) is 0.909. The summed E-state index contributed by atoms with van der Waals surface area (Å²) in [6, 6.07) is -0.820. The summed E-state index contributed by atoms with van der Waals surface area (Å²) in [5.41, 5.74) is -0.559. The average molecular weight is 280 g/mol. The van der Waals surface area contributed by atoms with Crippen LogP contribution in [-0.4, -0.2) is 43.4 Å². The Morgan fingerprint density at radius 1 is 1.39 bits per heavy atom. The normalized spacial score (nSPS) is 14.3. The van der Waals surface area contributed by atoms with Gasteiger partial charge in [0.1, 0.15) is 0 Å². The SMILES string of the molecule is CCCS(=O)(=O)NC(C)C(=O)NC(C)(C)CCO. The summed E-state index contributed by atoms with van der Waals surface area (Å²) in [5.74, 6) is -0.391. The molecule has 108 valence electrons. The van der Waals surface area contributed by atoms with E-state index < -0.39 is 27.5 Å². The van der Waals surface area contributed by atoms with Gasteiger partial charge in [0.25, 0.3) is 0 Å². The molecule has 1 unspecified atom stereocenters. The van der Waals surface area contributed by atoms with Gasteiger partial charge >= 0.3 is 0 Å². The molecule has 6 nitrogen and oxygen atoms in total. The van der Waals surface area contributed by atoms with Crippen molar-refractivity contribution in [1.29, 1.82) is 0 Å². The Kier molecular flexibility index (Phi) is 6.80. The van der Waals surface area contributed by atoms with Crippen LogP contribution in [0.5, 0.6) is 0 Å². The molecular weight excluding hydrogens is 256 g/mol. The number of aliphatic hydroxyl groups excluding tert-OH is 1. The molecule has 0 aliphatic heterocycles. The maximum absolute atomic E-state index is 11.8. The smallest absolute Gasteiger partial charge is 0.238 e. The Balaban J connectivity index is 4.44. The number of sulfonamides is 1. The Hall–Kier alpha value is -0.660. The quantitative estimate of drug-likeness (QED) is 0.582. The Morgan fingerprint density at radius 2 is 1.94 bits per heavy atom. The summed E-state index contributed by atoms with van der Waals surface area (Å²) in [6.07, 6.45) is 0.910. The van der Waals surface area contributed by atoms with E-state index in [1.54, 1.807) is 20.8 Å². The minimum atomic E-state index is -3.40. The number of carbonyl (C=O) groups is 1. The standard InChI is InChI=1S/C11H24N2O4S/c1-5-8-18(16,17)13-9(2)10(15)12-11(3,4)6-7-14/h9,13-14H,5-8H2,1-4H3,(H,12,15). The van der Waals surface area contributed by atoms with Crippen molar-refractivity contribution in [3.05, 3.63) is 0 Å². The molecule has 0 heterocycles. The van der Waals surface area contributed by atoms with Crippen molar-refractivity contribution < 1.29 is 18.3 Å². The van der Waals surface area contributed by atoms with Crippen LogP contribution < -0.4 is 10.0 Å². The average Bonchev–Trinajstić information content (AvgIpc) is 2.15. The van der Waals surface area contributed by atoms with E-state index in [4.69, 9.17) is 5.11 Å². The number of aliphatic hydroxyl groups is 1. The second-order valence-electron chi connectivity index (χ2n) is 5.01. The van der Waals surface area contributed by atoms with Crippen LogP contribution >= 0.6 is 0 Å². The number of nitrogens with one attached hydrogen (secondary N) is 2. The first kappa shape index (κ1) is 17.3. The lowest BCUT2D eigenvalue weighted by atomic mass is 10.0. The Morgan fingerprint density at radius 3 is 2.39 bits per heavy atom. The maximum Gasteiger partial charge on any atom is 0.238 e. The van der Waals surface area contributed by atoms with Crippen molar-refractivity contribution in [2.45, 2.75) is 52.1 Å². The lowest BCUT2D eigenvalue weighted by Crippen LogP contribution is -2.52. The summed E-state index contributed by atoms with van der Waals surface area (Å²) in [4.78, 5) is 11.8. The molecule has 0 aliphatic rings. The molecule has 1 amide bonds. The molecule has 0 radical (unpaired) electrons. The maximum atomic E-state index is 11.8. The van der Waals surface area contributed by atoms with Gasteiger partial charge in [0, 0.05) is 12.1 Å². The highest BCUT2D eigenvalue weighted by molar-refractivity contribution is 7.89. The van der Waals surface area contributed by atoms with Gasteiger partial charge in [0.05, 0.1) is 11.8 Å². The van der Waals surface area contributed by atoms with E-state index in [1.165, 1.54) is 6.92 Å². The topological polar surface area (TPSA) is 95.5 Å². The number of amides is 1. The van der Waals surface area contributed by atoms with Gasteiger partial charge in [-0.25, -0.2) is 13.1 Å². The predicted octanol–water partition coefficient (Wildman–Crippen LogP) is -0.0185. The van der Waals surface area contributed by atoms with Crippen LogP contribution in [0.25, 0.3) is 0 Å². The summed E-state index contributed by atoms with van der Waals surface area (Å²) in [6.45, 7) is 6.76. The molecule has 0 saturated carbocycles. The molecule has 0 aromatic rings. The summed E-state index contributed by atoms with van der Waals surface area (Å²) < 4.78 is 25.3. The van der Waals surface area contributed by atoms with Crippen LogP contribution in [-0.2, 0) is 14.8 Å². The Bertz CT molecular complexity index is 365. The zero-order valence-corrected chi connectivity index (χ0v) is 12.3. The number of hydrogen-bond donors (Lipinski definition) is 3. The van der Waals surface area contributed by atoms with Crippen LogP contribution in [0.3, 0.4) is 0 Å². The van der Waals surface area contributed by atoms with Gasteiger partial charge in [-0.2, -0.15) is 0 Å². The van der Waals surface area contributed by atoms with E-state index >= 15 is 0 Å². The molecule has 3 N–H and O–H groups in total. The van der Waals surface area contributed by atoms with Crippen molar-refractivity contribution in [3.8, 4) is 0 Å². The fourth-order valence-electron chi connectivity index (χ4n) is 1.43. The van der Waals surface area contributed by atoms with Gasteiger partial charge in [-0.05, 0) is 33.6 Å². The number of rotatable bonds is 8. The molecule has 0 rings (SSSR count). The molecule has 1 atom stereocenters. The predicted molar refractivity (Wildman–Crippen MR) is 70.6 cm³/mol. The second kappa shape index (κ2) is 7.06. The summed E-state index contributed by atoms with van der Waals surface area (Å²) >= 11 is 0. The first-order chi connectivity index (χ1) is 8.13. The molecule has 0 bridgehead atoms. The largest absolute Gasteiger partial charge is 0.396 e. The zero-order chi connectivity index (χ0) is 14.4. The van der Waals surface area contributed by atoms with Crippen molar-refractivity contribution >= 4 is 15.9 Å². The lowest BCUT2D eigenvalue weighted by Gasteiger charge is -2.27. The van der Waals surface area contributed by atoms with E-state index in [2.05, 4.69) is 10.0 Å². The molecule has 0 aromatic heterocycles. The van der Waals surface area contributed by atoms with Crippen molar-refractivity contribution in [2.24, 2.45) is 0 Å². The molecule has 0 fully saturated rings. The third kappa shape index (κ3) is 6.93. The first-order valence-electron chi connectivity index (χ1n) is 6.06. The molecule has 18 heavy (non-hydrogen) atoms. The Labute approximate surface area is 109 Å². The highest BCUT2D eigenvalue weighted by Gasteiger charge is 2.25. The van der Waals surface area contributed by atoms with Gasteiger partial charge in [-0.1, -0.05) is 6.92 Å². The van der Waals surface area contributed by atoms with Crippen molar-refractivity contribution in [3.63, 3.8) is 0 Å². The monoisotopic (exact) mass is 280 g/mol. The van der Waals surface area contributed by atoms with E-state index in [0.29, 0.717) is 12.8 Å². The third-order valence-electron chi connectivity index (χ3n) is 2.42. The highest BCUT2D eigenvalue weighted by Crippen LogP contribution is 2.07. The van der Waals surface area contributed by atoms with Crippen LogP contribution in [0.15, 0.2) is 0 Å². The van der Waals surface area contributed by atoms with Gasteiger partial charge in [0.15, 0.2) is 0 Å². The van der Waals surface area contributed by atoms with Crippen LogP contribution in [0.2, 0.25) is 0 Å². The number of hydrogen-bond acceptors (Lipinski definition) is 4. The summed E-state index contributed by atoms with van der Waals surface area (Å²) in [5, 5.41) is 11.5. The highest BCUT2D eigenvalue weighted by atomic mass is 32.2. The minimum Gasteiger partial charge on any atom is -0.396 e. The fourth-order valence-corrected chi connectivity index (χ4v) is 2.74. The van der Waals surface area contributed by atoms with E-state index in [0.717, 1.165) is 0 Å². The van der Waals surface area contributed by atoms with Gasteiger partial charge in [-0.15, -0.1) is 0 Å². The zero-order valence-electron chi connectivity index (χ0n) is 11.5. The summed E-state index contributed by atoms with van der Waals surface area (Å²) in [7, 11) is -3.40. The molecule has 0 aliphatic carbocycles. The third-order valence-corrected chi connectivity index (χ3v) is 4.08. The van der Waals surface area contributed by atoms with E-state index in [-0.39, 0.29) is 12.4 Å². The molecule has 0 spiro atoms.